The number of nitrogens with one attached hydrogen (secondary N) is 2. The van der Waals surface area contributed by atoms with E-state index in [0.29, 0.717) is 6.54 Å². The van der Waals surface area contributed by atoms with E-state index in [-0.39, 0.29) is 6.61 Å². The zero-order valence-electron chi connectivity index (χ0n) is 11.4. The van der Waals surface area contributed by atoms with Crippen molar-refractivity contribution in [2.75, 3.05) is 32.8 Å². The van der Waals surface area contributed by atoms with Crippen molar-refractivity contribution in [2.24, 2.45) is 5.92 Å². The Kier molecular flexibility index (Phi) is 12.2. The summed E-state index contributed by atoms with van der Waals surface area (Å²) < 4.78 is 0. The molecule has 0 bridgehead atoms. The van der Waals surface area contributed by atoms with E-state index in [1.807, 2.05) is 0 Å². The van der Waals surface area contributed by atoms with Gasteiger partial charge in [-0.1, -0.05) is 33.1 Å². The Balaban J connectivity index is 3.30. The molecule has 0 aromatic carbocycles. The zero-order valence-corrected chi connectivity index (χ0v) is 11.4. The van der Waals surface area contributed by atoms with Crippen LogP contribution in [0.5, 0.6) is 0 Å². The molecule has 0 aromatic heterocycles. The first-order chi connectivity index (χ1) is 8.24. The zero-order chi connectivity index (χ0) is 12.9. The molecule has 0 saturated carbocycles. The van der Waals surface area contributed by atoms with Crippen LogP contribution in [0.4, 0.5) is 0 Å². The van der Waals surface area contributed by atoms with Crippen molar-refractivity contribution in [1.29, 1.82) is 0 Å². The monoisotopic (exact) mass is 246 g/mol. The Morgan fingerprint density at radius 3 is 2.24 bits per heavy atom. The third-order valence-corrected chi connectivity index (χ3v) is 3.05. The van der Waals surface area contributed by atoms with Crippen LogP contribution in [0.3, 0.4) is 0 Å². The maximum atomic E-state index is 9.10. The average molecular weight is 246 g/mol. The smallest absolute Gasteiger partial charge is 0.0894 e. The first kappa shape index (κ1) is 16.8. The topological polar surface area (TPSA) is 64.5 Å². The van der Waals surface area contributed by atoms with Gasteiger partial charge in [0, 0.05) is 19.6 Å². The standard InChI is InChI=1S/C13H30N2O2/c1-3-5-6-12(4-2)9-14-7-8-15-10-13(17)11-16/h12-17H,3-11H2,1-2H3. The van der Waals surface area contributed by atoms with Crippen LogP contribution in [0.2, 0.25) is 0 Å². The van der Waals surface area contributed by atoms with Crippen molar-refractivity contribution in [2.45, 2.75) is 45.6 Å². The number of hydrogen-bond acceptors (Lipinski definition) is 4. The summed E-state index contributed by atoms with van der Waals surface area (Å²) in [6.07, 6.45) is 4.52. The van der Waals surface area contributed by atoms with E-state index < -0.39 is 6.10 Å². The summed E-state index contributed by atoms with van der Waals surface area (Å²) in [5, 5.41) is 24.3. The van der Waals surface area contributed by atoms with Gasteiger partial charge in [-0.15, -0.1) is 0 Å². The summed E-state index contributed by atoms with van der Waals surface area (Å²) in [6.45, 7) is 7.61. The van der Waals surface area contributed by atoms with Crippen LogP contribution in [0.15, 0.2) is 0 Å². The minimum Gasteiger partial charge on any atom is -0.394 e. The van der Waals surface area contributed by atoms with Gasteiger partial charge in [0.15, 0.2) is 0 Å². The molecule has 0 aliphatic heterocycles. The Morgan fingerprint density at radius 1 is 1.06 bits per heavy atom. The first-order valence-corrected chi connectivity index (χ1v) is 6.94. The summed E-state index contributed by atoms with van der Waals surface area (Å²) in [6, 6.07) is 0. The fourth-order valence-corrected chi connectivity index (χ4v) is 1.76. The normalized spacial score (nSPS) is 14.8. The van der Waals surface area contributed by atoms with E-state index in [9.17, 15) is 0 Å². The molecule has 4 heteroatoms. The number of rotatable bonds is 12. The van der Waals surface area contributed by atoms with Crippen molar-refractivity contribution >= 4 is 0 Å². The minimum absolute atomic E-state index is 0.171. The lowest BCUT2D eigenvalue weighted by Crippen LogP contribution is -2.35. The van der Waals surface area contributed by atoms with E-state index in [1.54, 1.807) is 0 Å². The Labute approximate surface area is 106 Å². The fraction of sp³-hybridized carbons (Fsp3) is 1.00. The van der Waals surface area contributed by atoms with Crippen molar-refractivity contribution in [3.05, 3.63) is 0 Å². The second-order valence-corrected chi connectivity index (χ2v) is 4.66. The molecule has 0 aliphatic carbocycles. The highest BCUT2D eigenvalue weighted by Crippen LogP contribution is 2.10. The van der Waals surface area contributed by atoms with Crippen molar-refractivity contribution in [1.82, 2.24) is 10.6 Å². The highest BCUT2D eigenvalue weighted by atomic mass is 16.3. The summed E-state index contributed by atoms with van der Waals surface area (Å²) in [5.41, 5.74) is 0. The SMILES string of the molecule is CCCCC(CC)CNCCNCC(O)CO. The van der Waals surface area contributed by atoms with Gasteiger partial charge in [0.1, 0.15) is 0 Å². The number of aliphatic hydroxyl groups is 2. The molecule has 2 unspecified atom stereocenters. The molecular weight excluding hydrogens is 216 g/mol. The predicted molar refractivity (Wildman–Crippen MR) is 72.1 cm³/mol. The van der Waals surface area contributed by atoms with Crippen LogP contribution < -0.4 is 10.6 Å². The van der Waals surface area contributed by atoms with Crippen LogP contribution in [-0.4, -0.2) is 49.1 Å². The quantitative estimate of drug-likeness (QED) is 0.383. The minimum atomic E-state index is -0.636. The molecule has 2 atom stereocenters. The van der Waals surface area contributed by atoms with Crippen molar-refractivity contribution < 1.29 is 10.2 Å². The van der Waals surface area contributed by atoms with Gasteiger partial charge < -0.3 is 20.8 Å². The van der Waals surface area contributed by atoms with Gasteiger partial charge in [-0.25, -0.2) is 0 Å². The number of aliphatic hydroxyl groups excluding tert-OH is 2. The highest BCUT2D eigenvalue weighted by Gasteiger charge is 2.04. The molecule has 0 rings (SSSR count). The van der Waals surface area contributed by atoms with E-state index in [4.69, 9.17) is 10.2 Å². The van der Waals surface area contributed by atoms with Gasteiger partial charge >= 0.3 is 0 Å². The molecule has 0 aromatic rings. The summed E-state index contributed by atoms with van der Waals surface area (Å²) >= 11 is 0. The second kappa shape index (κ2) is 12.3. The molecule has 0 spiro atoms. The molecule has 0 amide bonds. The molecule has 17 heavy (non-hydrogen) atoms. The van der Waals surface area contributed by atoms with Crippen LogP contribution in [0.25, 0.3) is 0 Å². The van der Waals surface area contributed by atoms with Gasteiger partial charge in [-0.3, -0.25) is 0 Å². The molecule has 4 nitrogen and oxygen atoms in total. The van der Waals surface area contributed by atoms with Crippen LogP contribution in [0, 0.1) is 5.92 Å². The summed E-state index contributed by atoms with van der Waals surface area (Å²) in [7, 11) is 0. The van der Waals surface area contributed by atoms with E-state index in [0.717, 1.165) is 25.6 Å². The molecule has 104 valence electrons. The lowest BCUT2D eigenvalue weighted by Gasteiger charge is -2.15. The molecule has 0 heterocycles. The second-order valence-electron chi connectivity index (χ2n) is 4.66. The van der Waals surface area contributed by atoms with Crippen LogP contribution in [-0.2, 0) is 0 Å². The predicted octanol–water partition coefficient (Wildman–Crippen LogP) is 0.735. The third-order valence-electron chi connectivity index (χ3n) is 3.05. The summed E-state index contributed by atoms with van der Waals surface area (Å²) in [5.74, 6) is 0.790. The first-order valence-electron chi connectivity index (χ1n) is 6.94. The average Bonchev–Trinajstić information content (AvgIpc) is 2.36. The lowest BCUT2D eigenvalue weighted by atomic mass is 9.99. The van der Waals surface area contributed by atoms with E-state index in [1.165, 1.54) is 25.7 Å². The molecule has 0 aliphatic rings. The van der Waals surface area contributed by atoms with Gasteiger partial charge in [0.05, 0.1) is 12.7 Å². The molecule has 0 saturated heterocycles. The molecule has 4 N–H and O–H groups in total. The molecule has 0 fully saturated rings. The number of hydrogen-bond donors (Lipinski definition) is 4. The maximum absolute atomic E-state index is 9.10. The van der Waals surface area contributed by atoms with Crippen molar-refractivity contribution in [3.8, 4) is 0 Å². The Morgan fingerprint density at radius 2 is 1.71 bits per heavy atom. The van der Waals surface area contributed by atoms with Gasteiger partial charge in [-0.05, 0) is 18.9 Å². The number of unbranched alkanes of at least 4 members (excludes halogenated alkanes) is 1. The fourth-order valence-electron chi connectivity index (χ4n) is 1.76. The molecular formula is C13H30N2O2. The van der Waals surface area contributed by atoms with Gasteiger partial charge in [-0.2, -0.15) is 0 Å². The van der Waals surface area contributed by atoms with Crippen LogP contribution in [0.1, 0.15) is 39.5 Å². The Hall–Kier alpha value is -0.160. The van der Waals surface area contributed by atoms with Crippen LogP contribution >= 0.6 is 0 Å². The van der Waals surface area contributed by atoms with Crippen molar-refractivity contribution in [3.63, 3.8) is 0 Å². The Bertz CT molecular complexity index is 156. The van der Waals surface area contributed by atoms with E-state index in [2.05, 4.69) is 24.5 Å². The lowest BCUT2D eigenvalue weighted by molar-refractivity contribution is 0.0946. The van der Waals surface area contributed by atoms with Gasteiger partial charge in [0.25, 0.3) is 0 Å². The van der Waals surface area contributed by atoms with E-state index >= 15 is 0 Å². The molecule has 0 radical (unpaired) electrons. The highest BCUT2D eigenvalue weighted by molar-refractivity contribution is 4.63. The largest absolute Gasteiger partial charge is 0.394 e. The summed E-state index contributed by atoms with van der Waals surface area (Å²) in [4.78, 5) is 0. The van der Waals surface area contributed by atoms with Gasteiger partial charge in [0.2, 0.25) is 0 Å². The third kappa shape index (κ3) is 10.7. The maximum Gasteiger partial charge on any atom is 0.0894 e.